The fourth-order valence-electron chi connectivity index (χ4n) is 2.15. The second-order valence-electron chi connectivity index (χ2n) is 4.56. The molecule has 0 amide bonds. The Hall–Kier alpha value is -0.910. The Bertz CT molecular complexity index is 385. The Labute approximate surface area is 111 Å². The lowest BCUT2D eigenvalue weighted by atomic mass is 10.3. The van der Waals surface area contributed by atoms with Crippen molar-refractivity contribution in [2.24, 2.45) is 0 Å². The number of carbonyl (C=O) groups is 1. The summed E-state index contributed by atoms with van der Waals surface area (Å²) in [5.41, 5.74) is 0.374. The third-order valence-corrected chi connectivity index (χ3v) is 4.07. The molecule has 1 aliphatic rings. The predicted molar refractivity (Wildman–Crippen MR) is 71.2 cm³/mol. The number of hydrogen-bond donors (Lipinski definition) is 2. The minimum Gasteiger partial charge on any atom is -0.478 e. The molecule has 5 heteroatoms. The molecule has 1 heterocycles. The van der Waals surface area contributed by atoms with Crippen molar-refractivity contribution < 1.29 is 14.6 Å². The molecule has 0 atom stereocenters. The fourth-order valence-corrected chi connectivity index (χ4v) is 2.98. The average molecular weight is 269 g/mol. The van der Waals surface area contributed by atoms with Crippen LogP contribution < -0.4 is 5.32 Å². The van der Waals surface area contributed by atoms with Crippen LogP contribution in [0.25, 0.3) is 0 Å². The number of carboxylic acids is 1. The van der Waals surface area contributed by atoms with Gasteiger partial charge in [-0.25, -0.2) is 4.79 Å². The van der Waals surface area contributed by atoms with Crippen molar-refractivity contribution in [1.29, 1.82) is 0 Å². The Kier molecular flexibility index (Phi) is 5.16. The van der Waals surface area contributed by atoms with Crippen molar-refractivity contribution in [2.75, 3.05) is 13.2 Å². The summed E-state index contributed by atoms with van der Waals surface area (Å²) in [6, 6.07) is 1.72. The number of aromatic carboxylic acids is 1. The lowest BCUT2D eigenvalue weighted by Gasteiger charge is -2.10. The number of thiophene rings is 1. The molecule has 0 aromatic carbocycles. The molecule has 1 fully saturated rings. The molecule has 0 spiro atoms. The van der Waals surface area contributed by atoms with Gasteiger partial charge in [0.1, 0.15) is 0 Å². The zero-order valence-electron chi connectivity index (χ0n) is 10.4. The van der Waals surface area contributed by atoms with Crippen molar-refractivity contribution in [3.8, 4) is 0 Å². The number of hydrogen-bond acceptors (Lipinski definition) is 4. The highest BCUT2D eigenvalue weighted by molar-refractivity contribution is 7.10. The third kappa shape index (κ3) is 4.08. The fraction of sp³-hybridized carbons (Fsp3) is 0.615. The standard InChI is InChI=1S/C13H19NO3S/c15-13(16)10-7-12(18-9-10)8-14-5-6-17-11-3-1-2-4-11/h7,9,11,14H,1-6,8H2,(H,15,16). The maximum atomic E-state index is 10.7. The zero-order valence-corrected chi connectivity index (χ0v) is 11.2. The summed E-state index contributed by atoms with van der Waals surface area (Å²) in [7, 11) is 0. The Morgan fingerprint density at radius 2 is 2.28 bits per heavy atom. The molecule has 1 aromatic heterocycles. The first kappa shape index (κ1) is 13.5. The van der Waals surface area contributed by atoms with E-state index in [1.54, 1.807) is 11.4 Å². The van der Waals surface area contributed by atoms with Crippen LogP contribution in [0, 0.1) is 0 Å². The minimum atomic E-state index is -0.859. The monoisotopic (exact) mass is 269 g/mol. The Morgan fingerprint density at radius 1 is 1.50 bits per heavy atom. The number of carboxylic acid groups (broad SMARTS) is 1. The van der Waals surface area contributed by atoms with Gasteiger partial charge in [0, 0.05) is 23.3 Å². The van der Waals surface area contributed by atoms with Crippen molar-refractivity contribution >= 4 is 17.3 Å². The summed E-state index contributed by atoms with van der Waals surface area (Å²) < 4.78 is 5.73. The summed E-state index contributed by atoms with van der Waals surface area (Å²) in [5, 5.41) is 13.7. The van der Waals surface area contributed by atoms with E-state index >= 15 is 0 Å². The predicted octanol–water partition coefficient (Wildman–Crippen LogP) is 2.50. The van der Waals surface area contributed by atoms with Gasteiger partial charge in [0.05, 0.1) is 18.3 Å². The van der Waals surface area contributed by atoms with E-state index in [9.17, 15) is 4.79 Å². The molecule has 100 valence electrons. The molecule has 2 N–H and O–H groups in total. The van der Waals surface area contributed by atoms with Gasteiger partial charge in [0.2, 0.25) is 0 Å². The summed E-state index contributed by atoms with van der Waals surface area (Å²) in [4.78, 5) is 11.8. The zero-order chi connectivity index (χ0) is 12.8. The van der Waals surface area contributed by atoms with Crippen LogP contribution in [0.15, 0.2) is 11.4 Å². The summed E-state index contributed by atoms with van der Waals surface area (Å²) in [6.45, 7) is 2.27. The van der Waals surface area contributed by atoms with E-state index in [-0.39, 0.29) is 0 Å². The quantitative estimate of drug-likeness (QED) is 0.747. The van der Waals surface area contributed by atoms with Crippen LogP contribution in [0.1, 0.15) is 40.9 Å². The Morgan fingerprint density at radius 3 is 2.94 bits per heavy atom. The molecule has 4 nitrogen and oxygen atoms in total. The highest BCUT2D eigenvalue weighted by Gasteiger charge is 2.14. The van der Waals surface area contributed by atoms with Crippen LogP contribution in [-0.2, 0) is 11.3 Å². The van der Waals surface area contributed by atoms with E-state index in [2.05, 4.69) is 5.32 Å². The van der Waals surface area contributed by atoms with Crippen molar-refractivity contribution in [3.05, 3.63) is 21.9 Å². The molecular formula is C13H19NO3S. The van der Waals surface area contributed by atoms with E-state index < -0.39 is 5.97 Å². The molecule has 18 heavy (non-hydrogen) atoms. The van der Waals surface area contributed by atoms with Crippen LogP contribution in [0.5, 0.6) is 0 Å². The van der Waals surface area contributed by atoms with Gasteiger partial charge in [0.25, 0.3) is 0 Å². The summed E-state index contributed by atoms with van der Waals surface area (Å²) in [6.07, 6.45) is 5.46. The molecular weight excluding hydrogens is 250 g/mol. The maximum absolute atomic E-state index is 10.7. The van der Waals surface area contributed by atoms with E-state index in [4.69, 9.17) is 9.84 Å². The first-order valence-electron chi connectivity index (χ1n) is 6.39. The van der Waals surface area contributed by atoms with E-state index in [1.807, 2.05) is 0 Å². The summed E-state index contributed by atoms with van der Waals surface area (Å²) in [5.74, 6) is -0.859. The lowest BCUT2D eigenvalue weighted by molar-refractivity contribution is 0.0602. The number of nitrogens with one attached hydrogen (secondary N) is 1. The number of rotatable bonds is 7. The van der Waals surface area contributed by atoms with Crippen molar-refractivity contribution in [1.82, 2.24) is 5.32 Å². The van der Waals surface area contributed by atoms with Gasteiger partial charge < -0.3 is 15.2 Å². The average Bonchev–Trinajstić information content (AvgIpc) is 2.98. The van der Waals surface area contributed by atoms with Gasteiger partial charge in [-0.15, -0.1) is 11.3 Å². The van der Waals surface area contributed by atoms with Gasteiger partial charge in [-0.05, 0) is 18.9 Å². The van der Waals surface area contributed by atoms with Gasteiger partial charge in [-0.1, -0.05) is 12.8 Å². The smallest absolute Gasteiger partial charge is 0.336 e. The highest BCUT2D eigenvalue weighted by Crippen LogP contribution is 2.20. The third-order valence-electron chi connectivity index (χ3n) is 3.13. The van der Waals surface area contributed by atoms with E-state index in [0.717, 1.165) is 18.0 Å². The van der Waals surface area contributed by atoms with Gasteiger partial charge in [-0.3, -0.25) is 0 Å². The van der Waals surface area contributed by atoms with E-state index in [0.29, 0.717) is 18.2 Å². The SMILES string of the molecule is O=C(O)c1csc(CNCCOC2CCCC2)c1. The molecule has 2 rings (SSSR count). The van der Waals surface area contributed by atoms with Crippen molar-refractivity contribution in [3.63, 3.8) is 0 Å². The van der Waals surface area contributed by atoms with Gasteiger partial charge >= 0.3 is 5.97 Å². The second-order valence-corrected chi connectivity index (χ2v) is 5.56. The lowest BCUT2D eigenvalue weighted by Crippen LogP contribution is -2.21. The first-order valence-corrected chi connectivity index (χ1v) is 7.26. The number of ether oxygens (including phenoxy) is 1. The molecule has 0 aliphatic heterocycles. The van der Waals surface area contributed by atoms with Crippen LogP contribution in [-0.4, -0.2) is 30.3 Å². The topological polar surface area (TPSA) is 58.6 Å². The van der Waals surface area contributed by atoms with E-state index in [1.165, 1.54) is 37.0 Å². The van der Waals surface area contributed by atoms with Crippen LogP contribution >= 0.6 is 11.3 Å². The van der Waals surface area contributed by atoms with Crippen LogP contribution in [0.2, 0.25) is 0 Å². The summed E-state index contributed by atoms with van der Waals surface area (Å²) >= 11 is 1.48. The second kappa shape index (κ2) is 6.87. The normalized spacial score (nSPS) is 16.2. The maximum Gasteiger partial charge on any atom is 0.336 e. The molecule has 0 bridgehead atoms. The molecule has 0 saturated heterocycles. The van der Waals surface area contributed by atoms with Crippen LogP contribution in [0.4, 0.5) is 0 Å². The largest absolute Gasteiger partial charge is 0.478 e. The molecule has 1 saturated carbocycles. The first-order chi connectivity index (χ1) is 8.75. The molecule has 1 aromatic rings. The molecule has 1 aliphatic carbocycles. The van der Waals surface area contributed by atoms with Gasteiger partial charge in [-0.2, -0.15) is 0 Å². The van der Waals surface area contributed by atoms with Crippen LogP contribution in [0.3, 0.4) is 0 Å². The molecule has 0 unspecified atom stereocenters. The van der Waals surface area contributed by atoms with Crippen molar-refractivity contribution in [2.45, 2.75) is 38.3 Å². The molecule has 0 radical (unpaired) electrons. The minimum absolute atomic E-state index is 0.374. The van der Waals surface area contributed by atoms with Gasteiger partial charge in [0.15, 0.2) is 0 Å². The highest BCUT2D eigenvalue weighted by atomic mass is 32.1. The Balaban J connectivity index is 1.58.